The van der Waals surface area contributed by atoms with Gasteiger partial charge in [0, 0.05) is 25.9 Å². The first-order valence-electron chi connectivity index (χ1n) is 10.3. The molecule has 28 heavy (non-hydrogen) atoms. The molecule has 7 nitrogen and oxygen atoms in total. The van der Waals surface area contributed by atoms with Crippen LogP contribution < -0.4 is 10.1 Å². The third kappa shape index (κ3) is 4.19. The predicted molar refractivity (Wildman–Crippen MR) is 107 cm³/mol. The van der Waals surface area contributed by atoms with E-state index in [1.165, 1.54) is 5.56 Å². The number of aromatic nitrogens is 3. The maximum absolute atomic E-state index is 12.8. The Hall–Kier alpha value is -2.41. The van der Waals surface area contributed by atoms with Crippen molar-refractivity contribution < 1.29 is 9.53 Å². The van der Waals surface area contributed by atoms with Gasteiger partial charge in [-0.2, -0.15) is 0 Å². The van der Waals surface area contributed by atoms with E-state index in [2.05, 4.69) is 47.7 Å². The number of piperidine rings is 2. The molecule has 0 aliphatic carbocycles. The number of hydrogen-bond donors (Lipinski definition) is 1. The van der Waals surface area contributed by atoms with Crippen molar-refractivity contribution in [2.45, 2.75) is 51.7 Å². The largest absolute Gasteiger partial charge is 0.490 e. The van der Waals surface area contributed by atoms with E-state index in [0.29, 0.717) is 24.8 Å². The van der Waals surface area contributed by atoms with Crippen LogP contribution in [-0.2, 0) is 0 Å². The Balaban J connectivity index is 1.32. The van der Waals surface area contributed by atoms with Crippen molar-refractivity contribution in [1.82, 2.24) is 25.2 Å². The molecule has 2 aliphatic rings. The summed E-state index contributed by atoms with van der Waals surface area (Å²) in [5, 5.41) is 11.7. The molecule has 1 amide bonds. The highest BCUT2D eigenvalue weighted by atomic mass is 16.5. The smallest absolute Gasteiger partial charge is 0.276 e. The minimum absolute atomic E-state index is 0.0228. The zero-order valence-electron chi connectivity index (χ0n) is 16.7. The van der Waals surface area contributed by atoms with Gasteiger partial charge in [0.05, 0.1) is 12.2 Å². The summed E-state index contributed by atoms with van der Waals surface area (Å²) < 4.78 is 8.07. The number of amides is 1. The monoisotopic (exact) mass is 383 g/mol. The Bertz CT molecular complexity index is 820. The van der Waals surface area contributed by atoms with Gasteiger partial charge in [-0.1, -0.05) is 17.3 Å². The van der Waals surface area contributed by atoms with Crippen molar-refractivity contribution in [2.24, 2.45) is 0 Å². The van der Waals surface area contributed by atoms with Gasteiger partial charge < -0.3 is 15.0 Å². The summed E-state index contributed by atoms with van der Waals surface area (Å²) in [7, 11) is 0. The van der Waals surface area contributed by atoms with E-state index in [1.54, 1.807) is 0 Å². The fraction of sp³-hybridized carbons (Fsp3) is 0.571. The van der Waals surface area contributed by atoms with Gasteiger partial charge in [0.2, 0.25) is 0 Å². The van der Waals surface area contributed by atoms with Gasteiger partial charge in [-0.15, -0.1) is 5.10 Å². The number of benzene rings is 1. The van der Waals surface area contributed by atoms with Crippen LogP contribution >= 0.6 is 0 Å². The zero-order chi connectivity index (χ0) is 19.5. The van der Waals surface area contributed by atoms with Gasteiger partial charge in [0.1, 0.15) is 11.9 Å². The Kier molecular flexibility index (Phi) is 5.62. The molecular weight excluding hydrogens is 354 g/mol. The number of carbonyl (C=O) groups excluding carboxylic acids is 1. The minimum Gasteiger partial charge on any atom is -0.490 e. The first-order valence-corrected chi connectivity index (χ1v) is 10.3. The predicted octanol–water partition coefficient (Wildman–Crippen LogP) is 2.50. The molecule has 1 aromatic heterocycles. The van der Waals surface area contributed by atoms with Crippen molar-refractivity contribution in [3.63, 3.8) is 0 Å². The average Bonchev–Trinajstić information content (AvgIpc) is 3.22. The molecule has 3 heterocycles. The number of aryl methyl sites for hydroxylation is 2. The maximum atomic E-state index is 12.8. The van der Waals surface area contributed by atoms with E-state index in [0.717, 1.165) is 50.1 Å². The van der Waals surface area contributed by atoms with Gasteiger partial charge in [-0.3, -0.25) is 4.79 Å². The van der Waals surface area contributed by atoms with Crippen LogP contribution in [0.5, 0.6) is 5.75 Å². The molecule has 1 aromatic carbocycles. The molecule has 2 saturated heterocycles. The van der Waals surface area contributed by atoms with Crippen molar-refractivity contribution in [3.05, 3.63) is 41.2 Å². The van der Waals surface area contributed by atoms with Gasteiger partial charge >= 0.3 is 0 Å². The molecule has 2 aromatic rings. The van der Waals surface area contributed by atoms with Crippen molar-refractivity contribution in [2.75, 3.05) is 26.2 Å². The van der Waals surface area contributed by atoms with Crippen LogP contribution in [0.4, 0.5) is 0 Å². The quantitative estimate of drug-likeness (QED) is 0.878. The average molecular weight is 383 g/mol. The van der Waals surface area contributed by atoms with Crippen LogP contribution in [0, 0.1) is 13.8 Å². The molecule has 150 valence electrons. The third-order valence-corrected chi connectivity index (χ3v) is 5.78. The van der Waals surface area contributed by atoms with Crippen molar-refractivity contribution in [3.8, 4) is 5.75 Å². The zero-order valence-corrected chi connectivity index (χ0v) is 16.7. The van der Waals surface area contributed by atoms with Crippen LogP contribution in [-0.4, -0.2) is 58.1 Å². The summed E-state index contributed by atoms with van der Waals surface area (Å²) in [6.45, 7) is 7.50. The second kappa shape index (κ2) is 8.31. The van der Waals surface area contributed by atoms with E-state index in [-0.39, 0.29) is 12.0 Å². The van der Waals surface area contributed by atoms with Gasteiger partial charge in [0.25, 0.3) is 5.91 Å². The minimum atomic E-state index is -0.0228. The number of likely N-dealkylation sites (tertiary alicyclic amines) is 1. The van der Waals surface area contributed by atoms with Crippen molar-refractivity contribution in [1.29, 1.82) is 0 Å². The lowest BCUT2D eigenvalue weighted by atomic mass is 10.1. The summed E-state index contributed by atoms with van der Waals surface area (Å²) in [5.74, 6) is 0.931. The maximum Gasteiger partial charge on any atom is 0.276 e. The van der Waals surface area contributed by atoms with Crippen LogP contribution in [0.15, 0.2) is 24.4 Å². The lowest BCUT2D eigenvalue weighted by Gasteiger charge is -2.32. The highest BCUT2D eigenvalue weighted by Crippen LogP contribution is 2.24. The van der Waals surface area contributed by atoms with E-state index in [4.69, 9.17) is 4.74 Å². The Labute approximate surface area is 166 Å². The number of nitrogens with one attached hydrogen (secondary N) is 1. The number of hydrogen-bond acceptors (Lipinski definition) is 5. The Morgan fingerprint density at radius 2 is 1.89 bits per heavy atom. The van der Waals surface area contributed by atoms with Gasteiger partial charge in [-0.05, 0) is 57.0 Å². The molecule has 0 bridgehead atoms. The Morgan fingerprint density at radius 1 is 1.14 bits per heavy atom. The van der Waals surface area contributed by atoms with Crippen LogP contribution in [0.3, 0.4) is 0 Å². The first kappa shape index (κ1) is 18.9. The number of carbonyl (C=O) groups is 1. The second-order valence-electron chi connectivity index (χ2n) is 7.94. The molecule has 2 fully saturated rings. The first-order chi connectivity index (χ1) is 13.6. The molecule has 7 heteroatoms. The normalized spacial score (nSPS) is 19.0. The van der Waals surface area contributed by atoms with E-state index < -0.39 is 0 Å². The van der Waals surface area contributed by atoms with E-state index in [9.17, 15) is 4.79 Å². The lowest BCUT2D eigenvalue weighted by Crippen LogP contribution is -2.42. The SMILES string of the molecule is Cc1ccc(C)c(OC2CCN(C(=O)c3cn(C4CCNCC4)nn3)CC2)c1. The topological polar surface area (TPSA) is 72.3 Å². The summed E-state index contributed by atoms with van der Waals surface area (Å²) in [6, 6.07) is 6.62. The molecule has 0 saturated carbocycles. The molecular formula is C21H29N5O2. The summed E-state index contributed by atoms with van der Waals surface area (Å²) in [6.07, 6.45) is 5.69. The third-order valence-electron chi connectivity index (χ3n) is 5.78. The fourth-order valence-corrected chi connectivity index (χ4v) is 3.98. The highest BCUT2D eigenvalue weighted by molar-refractivity contribution is 5.92. The highest BCUT2D eigenvalue weighted by Gasteiger charge is 2.27. The molecule has 0 radical (unpaired) electrons. The molecule has 0 atom stereocenters. The summed E-state index contributed by atoms with van der Waals surface area (Å²) in [5.41, 5.74) is 2.80. The van der Waals surface area contributed by atoms with E-state index in [1.807, 2.05) is 15.8 Å². The van der Waals surface area contributed by atoms with Crippen LogP contribution in [0.1, 0.15) is 53.3 Å². The van der Waals surface area contributed by atoms with E-state index >= 15 is 0 Å². The van der Waals surface area contributed by atoms with Gasteiger partial charge in [-0.25, -0.2) is 4.68 Å². The van der Waals surface area contributed by atoms with Crippen molar-refractivity contribution >= 4 is 5.91 Å². The standard InChI is InChI=1S/C21H29N5O2/c1-15-3-4-16(2)20(13-15)28-18-7-11-25(12-8-18)21(27)19-14-26(24-23-19)17-5-9-22-10-6-17/h3-4,13-14,17-18,22H,5-12H2,1-2H3. The molecule has 4 rings (SSSR count). The molecule has 1 N–H and O–H groups in total. The Morgan fingerprint density at radius 3 is 2.64 bits per heavy atom. The second-order valence-corrected chi connectivity index (χ2v) is 7.94. The summed E-state index contributed by atoms with van der Waals surface area (Å²) >= 11 is 0. The summed E-state index contributed by atoms with van der Waals surface area (Å²) in [4.78, 5) is 14.7. The number of rotatable bonds is 4. The fourth-order valence-electron chi connectivity index (χ4n) is 3.98. The lowest BCUT2D eigenvalue weighted by molar-refractivity contribution is 0.0589. The number of nitrogens with zero attached hydrogens (tertiary/aromatic N) is 4. The molecule has 2 aliphatic heterocycles. The van der Waals surface area contributed by atoms with Crippen LogP contribution in [0.2, 0.25) is 0 Å². The molecule has 0 spiro atoms. The molecule has 0 unspecified atom stereocenters. The van der Waals surface area contributed by atoms with Crippen LogP contribution in [0.25, 0.3) is 0 Å². The number of ether oxygens (including phenoxy) is 1. The van der Waals surface area contributed by atoms with Gasteiger partial charge in [0.15, 0.2) is 5.69 Å².